The topological polar surface area (TPSA) is 103 Å². The van der Waals surface area contributed by atoms with E-state index in [0.29, 0.717) is 92.5 Å². The van der Waals surface area contributed by atoms with E-state index >= 15 is 0 Å². The van der Waals surface area contributed by atoms with Crippen molar-refractivity contribution >= 4 is 5.78 Å². The predicted octanol–water partition coefficient (Wildman–Crippen LogP) is 2.12. The molecule has 0 heterocycles. The van der Waals surface area contributed by atoms with Crippen LogP contribution in [-0.4, -0.2) is 123 Å². The maximum Gasteiger partial charge on any atom is 0.149 e. The highest BCUT2D eigenvalue weighted by molar-refractivity contribution is 5.82. The highest BCUT2D eigenvalue weighted by atomic mass is 16.6. The van der Waals surface area contributed by atoms with Crippen LogP contribution in [0.4, 0.5) is 0 Å². The van der Waals surface area contributed by atoms with E-state index in [1.165, 1.54) is 0 Å². The van der Waals surface area contributed by atoms with Gasteiger partial charge in [0.05, 0.1) is 117 Å². The molecule has 0 amide bonds. The van der Waals surface area contributed by atoms with E-state index in [0.717, 1.165) is 0 Å². The van der Waals surface area contributed by atoms with Crippen molar-refractivity contribution in [3.05, 3.63) is 0 Å². The Bertz CT molecular complexity index is 448. The number of carbonyl (C=O) groups is 1. The molecule has 10 nitrogen and oxygen atoms in total. The van der Waals surface area contributed by atoms with Gasteiger partial charge >= 0.3 is 0 Å². The standard InChI is InChI=1S/C26H53NO9/c1-22(2)26(28)19-27-25(20-33-13-11-29-7-9-31-15-17-35-23(3)4)21-34-14-12-30-8-10-32-16-18-36-24(5)6/h22-25,27H,7-21H2,1-6H3. The van der Waals surface area contributed by atoms with Gasteiger partial charge in [0.15, 0.2) is 0 Å². The highest BCUT2D eigenvalue weighted by Crippen LogP contribution is 1.96. The van der Waals surface area contributed by atoms with E-state index in [9.17, 15) is 4.79 Å². The first-order chi connectivity index (χ1) is 17.3. The molecule has 0 aliphatic heterocycles. The summed E-state index contributed by atoms with van der Waals surface area (Å²) >= 11 is 0. The summed E-state index contributed by atoms with van der Waals surface area (Å²) in [6, 6.07) is -0.0960. The second-order valence-corrected chi connectivity index (χ2v) is 9.14. The summed E-state index contributed by atoms with van der Waals surface area (Å²) < 4.78 is 44.2. The molecule has 0 aromatic heterocycles. The minimum absolute atomic E-state index is 0.0138. The molecule has 0 radical (unpaired) electrons. The first-order valence-corrected chi connectivity index (χ1v) is 13.3. The van der Waals surface area contributed by atoms with E-state index < -0.39 is 0 Å². The average molecular weight is 524 g/mol. The van der Waals surface area contributed by atoms with Crippen LogP contribution >= 0.6 is 0 Å². The van der Waals surface area contributed by atoms with Crippen LogP contribution in [0.3, 0.4) is 0 Å². The predicted molar refractivity (Wildman–Crippen MR) is 139 cm³/mol. The van der Waals surface area contributed by atoms with Crippen LogP contribution in [-0.2, 0) is 42.7 Å². The van der Waals surface area contributed by atoms with Crippen molar-refractivity contribution < 1.29 is 42.7 Å². The molecule has 36 heavy (non-hydrogen) atoms. The van der Waals surface area contributed by atoms with Gasteiger partial charge in [0.2, 0.25) is 0 Å². The summed E-state index contributed by atoms with van der Waals surface area (Å²) in [4.78, 5) is 12.0. The van der Waals surface area contributed by atoms with Crippen LogP contribution in [0.15, 0.2) is 0 Å². The van der Waals surface area contributed by atoms with Crippen molar-refractivity contribution in [2.45, 2.75) is 59.8 Å². The van der Waals surface area contributed by atoms with Crippen molar-refractivity contribution in [1.29, 1.82) is 0 Å². The number of ether oxygens (including phenoxy) is 8. The smallest absolute Gasteiger partial charge is 0.149 e. The Balaban J connectivity index is 3.84. The number of ketones is 1. The van der Waals surface area contributed by atoms with Crippen molar-refractivity contribution in [2.24, 2.45) is 5.92 Å². The minimum Gasteiger partial charge on any atom is -0.377 e. The van der Waals surface area contributed by atoms with E-state index in [2.05, 4.69) is 5.32 Å². The fraction of sp³-hybridized carbons (Fsp3) is 0.962. The van der Waals surface area contributed by atoms with Crippen molar-refractivity contribution in [1.82, 2.24) is 5.32 Å². The molecule has 0 fully saturated rings. The van der Waals surface area contributed by atoms with Crippen LogP contribution in [0.5, 0.6) is 0 Å². The normalized spacial score (nSPS) is 12.1. The van der Waals surface area contributed by atoms with Gasteiger partial charge in [0.1, 0.15) is 5.78 Å². The second-order valence-electron chi connectivity index (χ2n) is 9.14. The van der Waals surface area contributed by atoms with E-state index in [4.69, 9.17) is 37.9 Å². The summed E-state index contributed by atoms with van der Waals surface area (Å²) in [6.45, 7) is 19.1. The van der Waals surface area contributed by atoms with E-state index in [-0.39, 0.29) is 36.5 Å². The molecule has 0 spiro atoms. The van der Waals surface area contributed by atoms with Crippen molar-refractivity contribution in [3.63, 3.8) is 0 Å². The summed E-state index contributed by atoms with van der Waals surface area (Å²) in [5.74, 6) is 0.143. The number of nitrogens with one attached hydrogen (secondary N) is 1. The molecule has 0 aliphatic rings. The third-order valence-electron chi connectivity index (χ3n) is 4.69. The van der Waals surface area contributed by atoms with Gasteiger partial charge in [-0.3, -0.25) is 4.79 Å². The first kappa shape index (κ1) is 35.3. The van der Waals surface area contributed by atoms with Crippen LogP contribution < -0.4 is 5.32 Å². The maximum absolute atomic E-state index is 12.0. The van der Waals surface area contributed by atoms with Crippen LogP contribution in [0.25, 0.3) is 0 Å². The highest BCUT2D eigenvalue weighted by Gasteiger charge is 2.13. The molecule has 1 N–H and O–H groups in total. The molecule has 0 saturated heterocycles. The largest absolute Gasteiger partial charge is 0.377 e. The Hall–Kier alpha value is -0.690. The summed E-state index contributed by atoms with van der Waals surface area (Å²) in [7, 11) is 0. The molecule has 0 aliphatic carbocycles. The molecular formula is C26H53NO9. The fourth-order valence-electron chi connectivity index (χ4n) is 2.63. The zero-order chi connectivity index (χ0) is 26.9. The lowest BCUT2D eigenvalue weighted by Crippen LogP contribution is -2.41. The zero-order valence-electron chi connectivity index (χ0n) is 23.6. The number of carbonyl (C=O) groups excluding carboxylic acids is 1. The minimum atomic E-state index is -0.0960. The first-order valence-electron chi connectivity index (χ1n) is 13.3. The number of hydrogen-bond acceptors (Lipinski definition) is 10. The molecule has 0 bridgehead atoms. The SMILES string of the molecule is CC(C)OCCOCCOCCOCC(COCCOCCOCCOC(C)C)NCC(=O)C(C)C. The average Bonchev–Trinajstić information content (AvgIpc) is 2.82. The van der Waals surface area contributed by atoms with E-state index in [1.54, 1.807) is 0 Å². The monoisotopic (exact) mass is 523 g/mol. The Kier molecular flexibility index (Phi) is 25.4. The van der Waals surface area contributed by atoms with Gasteiger partial charge in [-0.1, -0.05) is 13.8 Å². The van der Waals surface area contributed by atoms with Gasteiger partial charge in [0, 0.05) is 5.92 Å². The van der Waals surface area contributed by atoms with Crippen LogP contribution in [0.1, 0.15) is 41.5 Å². The molecule has 0 aromatic carbocycles. The van der Waals surface area contributed by atoms with Gasteiger partial charge in [-0.05, 0) is 27.7 Å². The molecule has 0 atom stereocenters. The molecule has 0 aromatic rings. The van der Waals surface area contributed by atoms with Gasteiger partial charge in [-0.25, -0.2) is 0 Å². The summed E-state index contributed by atoms with van der Waals surface area (Å²) in [5, 5.41) is 3.23. The fourth-order valence-corrected chi connectivity index (χ4v) is 2.63. The maximum atomic E-state index is 12.0. The lowest BCUT2D eigenvalue weighted by atomic mass is 10.1. The zero-order valence-corrected chi connectivity index (χ0v) is 23.6. The Morgan fingerprint density at radius 3 is 1.19 bits per heavy atom. The molecule has 10 heteroatoms. The van der Waals surface area contributed by atoms with E-state index in [1.807, 2.05) is 41.5 Å². The molecular weight excluding hydrogens is 470 g/mol. The quantitative estimate of drug-likeness (QED) is 0.153. The second kappa shape index (κ2) is 25.9. The van der Waals surface area contributed by atoms with Crippen molar-refractivity contribution in [2.75, 3.05) is 99.0 Å². The Morgan fingerprint density at radius 2 is 0.861 bits per heavy atom. The van der Waals surface area contributed by atoms with Crippen molar-refractivity contribution in [3.8, 4) is 0 Å². The molecule has 0 rings (SSSR count). The lowest BCUT2D eigenvalue weighted by Gasteiger charge is -2.19. The van der Waals surface area contributed by atoms with Crippen LogP contribution in [0, 0.1) is 5.92 Å². The Morgan fingerprint density at radius 1 is 0.528 bits per heavy atom. The molecule has 216 valence electrons. The van der Waals surface area contributed by atoms with Gasteiger partial charge in [-0.2, -0.15) is 0 Å². The Labute approximate surface area is 218 Å². The molecule has 0 saturated carbocycles. The van der Waals surface area contributed by atoms with Gasteiger partial charge in [0.25, 0.3) is 0 Å². The number of hydrogen-bond donors (Lipinski definition) is 1. The van der Waals surface area contributed by atoms with Crippen LogP contribution in [0.2, 0.25) is 0 Å². The van der Waals surface area contributed by atoms with Gasteiger partial charge in [-0.15, -0.1) is 0 Å². The number of rotatable bonds is 28. The lowest BCUT2D eigenvalue weighted by molar-refractivity contribution is -0.121. The third-order valence-corrected chi connectivity index (χ3v) is 4.69. The molecule has 0 unspecified atom stereocenters. The third kappa shape index (κ3) is 26.4. The summed E-state index contributed by atoms with van der Waals surface area (Å²) in [5.41, 5.74) is 0. The summed E-state index contributed by atoms with van der Waals surface area (Å²) in [6.07, 6.45) is 0.432. The number of Topliss-reactive ketones (excluding diaryl/α,β-unsaturated/α-hetero) is 1. The van der Waals surface area contributed by atoms with Gasteiger partial charge < -0.3 is 43.2 Å².